The van der Waals surface area contributed by atoms with Gasteiger partial charge < -0.3 is 10.2 Å². The lowest BCUT2D eigenvalue weighted by Crippen LogP contribution is -2.16. The molecule has 1 unspecified atom stereocenters. The van der Waals surface area contributed by atoms with Crippen molar-refractivity contribution >= 4 is 17.3 Å². The molecule has 1 aliphatic rings. The van der Waals surface area contributed by atoms with Gasteiger partial charge in [0, 0.05) is 30.2 Å². The van der Waals surface area contributed by atoms with E-state index in [9.17, 15) is 0 Å². The Labute approximate surface area is 138 Å². The molecule has 0 saturated heterocycles. The molecule has 3 rings (SSSR count). The van der Waals surface area contributed by atoms with Crippen molar-refractivity contribution in [1.29, 1.82) is 0 Å². The number of hydrogen-bond acceptors (Lipinski definition) is 2. The first-order valence-corrected chi connectivity index (χ1v) is 8.31. The summed E-state index contributed by atoms with van der Waals surface area (Å²) >= 11 is 6.30. The first-order chi connectivity index (χ1) is 10.7. The summed E-state index contributed by atoms with van der Waals surface area (Å²) in [6.07, 6.45) is 2.30. The zero-order valence-corrected chi connectivity index (χ0v) is 14.0. The molecule has 2 aromatic rings. The van der Waals surface area contributed by atoms with E-state index < -0.39 is 0 Å². The SMILES string of the molecule is CNCCCC1c2ccccc2CN(C)c2ccc(Cl)cc21. The molecule has 0 saturated carbocycles. The van der Waals surface area contributed by atoms with Gasteiger partial charge in [0.15, 0.2) is 0 Å². The maximum atomic E-state index is 6.30. The summed E-state index contributed by atoms with van der Waals surface area (Å²) in [4.78, 5) is 2.34. The fourth-order valence-electron chi connectivity index (χ4n) is 3.47. The molecular formula is C19H23ClN2. The average molecular weight is 315 g/mol. The van der Waals surface area contributed by atoms with E-state index in [4.69, 9.17) is 11.6 Å². The Bertz CT molecular complexity index is 654. The Morgan fingerprint density at radius 2 is 2.00 bits per heavy atom. The van der Waals surface area contributed by atoms with Crippen LogP contribution in [-0.4, -0.2) is 20.6 Å². The number of hydrogen-bond donors (Lipinski definition) is 1. The van der Waals surface area contributed by atoms with Gasteiger partial charge in [-0.05, 0) is 61.3 Å². The topological polar surface area (TPSA) is 15.3 Å². The molecule has 0 aromatic heterocycles. The van der Waals surface area contributed by atoms with Gasteiger partial charge in [-0.1, -0.05) is 35.9 Å². The first-order valence-electron chi connectivity index (χ1n) is 7.93. The summed E-state index contributed by atoms with van der Waals surface area (Å²) in [6.45, 7) is 2.00. The van der Waals surface area contributed by atoms with Crippen molar-refractivity contribution in [2.75, 3.05) is 25.5 Å². The van der Waals surface area contributed by atoms with E-state index in [1.807, 2.05) is 13.1 Å². The van der Waals surface area contributed by atoms with Crippen molar-refractivity contribution in [3.8, 4) is 0 Å². The summed E-state index contributed by atoms with van der Waals surface area (Å²) in [5.41, 5.74) is 5.53. The molecule has 0 aliphatic carbocycles. The lowest BCUT2D eigenvalue weighted by molar-refractivity contribution is 0.629. The summed E-state index contributed by atoms with van der Waals surface area (Å²) in [7, 11) is 4.18. The van der Waals surface area contributed by atoms with Gasteiger partial charge in [-0.2, -0.15) is 0 Å². The van der Waals surface area contributed by atoms with E-state index in [0.717, 1.165) is 31.0 Å². The van der Waals surface area contributed by atoms with Gasteiger partial charge in [-0.25, -0.2) is 0 Å². The van der Waals surface area contributed by atoms with Gasteiger partial charge in [-0.3, -0.25) is 0 Å². The van der Waals surface area contributed by atoms with Crippen molar-refractivity contribution in [3.63, 3.8) is 0 Å². The third kappa shape index (κ3) is 2.99. The molecule has 0 spiro atoms. The maximum Gasteiger partial charge on any atom is 0.0429 e. The van der Waals surface area contributed by atoms with Crippen molar-refractivity contribution in [1.82, 2.24) is 5.32 Å². The summed E-state index contributed by atoms with van der Waals surface area (Å²) in [5.74, 6) is 0.420. The van der Waals surface area contributed by atoms with Crippen LogP contribution in [0, 0.1) is 0 Å². The Balaban J connectivity index is 2.08. The number of rotatable bonds is 4. The van der Waals surface area contributed by atoms with Crippen LogP contribution in [0.5, 0.6) is 0 Å². The van der Waals surface area contributed by atoms with E-state index in [1.54, 1.807) is 0 Å². The number of benzene rings is 2. The molecule has 2 aromatic carbocycles. The Morgan fingerprint density at radius 3 is 2.82 bits per heavy atom. The standard InChI is InChI=1S/C19H23ClN2/c1-21-11-5-8-17-16-7-4-3-6-14(16)13-22(2)19-10-9-15(20)12-18(17)19/h3-4,6-7,9-10,12,17,21H,5,8,11,13H2,1-2H3. The zero-order chi connectivity index (χ0) is 15.5. The summed E-state index contributed by atoms with van der Waals surface area (Å²) in [5, 5.41) is 4.08. The molecule has 116 valence electrons. The number of nitrogens with zero attached hydrogens (tertiary/aromatic N) is 1. The second kappa shape index (κ2) is 6.72. The van der Waals surface area contributed by atoms with Gasteiger partial charge in [-0.15, -0.1) is 0 Å². The molecule has 3 heteroatoms. The number of fused-ring (bicyclic) bond motifs is 2. The van der Waals surface area contributed by atoms with Crippen LogP contribution in [-0.2, 0) is 6.54 Å². The Morgan fingerprint density at radius 1 is 1.18 bits per heavy atom. The fraction of sp³-hybridized carbons (Fsp3) is 0.368. The molecule has 1 heterocycles. The average Bonchev–Trinajstić information content (AvgIpc) is 2.63. The highest BCUT2D eigenvalue weighted by Gasteiger charge is 2.25. The van der Waals surface area contributed by atoms with Crippen molar-refractivity contribution in [2.45, 2.75) is 25.3 Å². The van der Waals surface area contributed by atoms with Gasteiger partial charge >= 0.3 is 0 Å². The largest absolute Gasteiger partial charge is 0.370 e. The molecule has 1 N–H and O–H groups in total. The number of nitrogens with one attached hydrogen (secondary N) is 1. The smallest absolute Gasteiger partial charge is 0.0429 e. The Kier molecular flexibility index (Phi) is 4.70. The summed E-state index contributed by atoms with van der Waals surface area (Å²) in [6, 6.07) is 15.1. The third-order valence-corrected chi connectivity index (χ3v) is 4.77. The molecule has 0 bridgehead atoms. The van der Waals surface area contributed by atoms with Crippen LogP contribution >= 0.6 is 11.6 Å². The minimum absolute atomic E-state index is 0.420. The molecule has 0 fully saturated rings. The molecule has 1 atom stereocenters. The van der Waals surface area contributed by atoms with Crippen LogP contribution in [0.4, 0.5) is 5.69 Å². The van der Waals surface area contributed by atoms with Crippen LogP contribution in [0.3, 0.4) is 0 Å². The molecule has 1 aliphatic heterocycles. The van der Waals surface area contributed by atoms with E-state index >= 15 is 0 Å². The van der Waals surface area contributed by atoms with Crippen LogP contribution in [0.2, 0.25) is 5.02 Å². The van der Waals surface area contributed by atoms with Gasteiger partial charge in [0.05, 0.1) is 0 Å². The van der Waals surface area contributed by atoms with Crippen molar-refractivity contribution in [2.24, 2.45) is 0 Å². The first kappa shape index (κ1) is 15.4. The third-order valence-electron chi connectivity index (χ3n) is 4.53. The van der Waals surface area contributed by atoms with E-state index in [1.165, 1.54) is 22.4 Å². The van der Waals surface area contributed by atoms with Crippen LogP contribution in [0.15, 0.2) is 42.5 Å². The van der Waals surface area contributed by atoms with Crippen molar-refractivity contribution in [3.05, 3.63) is 64.2 Å². The normalized spacial score (nSPS) is 16.9. The maximum absolute atomic E-state index is 6.30. The van der Waals surface area contributed by atoms with Crippen molar-refractivity contribution < 1.29 is 0 Å². The minimum Gasteiger partial charge on any atom is -0.370 e. The molecule has 2 nitrogen and oxygen atoms in total. The van der Waals surface area contributed by atoms with Gasteiger partial charge in [0.2, 0.25) is 0 Å². The second-order valence-corrected chi connectivity index (χ2v) is 6.49. The van der Waals surface area contributed by atoms with E-state index in [-0.39, 0.29) is 0 Å². The molecule has 22 heavy (non-hydrogen) atoms. The van der Waals surface area contributed by atoms with Gasteiger partial charge in [0.25, 0.3) is 0 Å². The quantitative estimate of drug-likeness (QED) is 0.840. The second-order valence-electron chi connectivity index (χ2n) is 6.06. The molecule has 0 radical (unpaired) electrons. The van der Waals surface area contributed by atoms with Crippen LogP contribution in [0.1, 0.15) is 35.4 Å². The highest BCUT2D eigenvalue weighted by molar-refractivity contribution is 6.30. The monoisotopic (exact) mass is 314 g/mol. The number of halogens is 1. The predicted molar refractivity (Wildman–Crippen MR) is 95.0 cm³/mol. The Hall–Kier alpha value is -1.51. The van der Waals surface area contributed by atoms with Gasteiger partial charge in [0.1, 0.15) is 0 Å². The summed E-state index contributed by atoms with van der Waals surface area (Å²) < 4.78 is 0. The van der Waals surface area contributed by atoms with Crippen LogP contribution in [0.25, 0.3) is 0 Å². The lowest BCUT2D eigenvalue weighted by atomic mass is 9.85. The van der Waals surface area contributed by atoms with E-state index in [2.05, 4.69) is 53.7 Å². The predicted octanol–water partition coefficient (Wildman–Crippen LogP) is 4.42. The van der Waals surface area contributed by atoms with Crippen LogP contribution < -0.4 is 10.2 Å². The number of anilines is 1. The molecular weight excluding hydrogens is 292 g/mol. The fourth-order valence-corrected chi connectivity index (χ4v) is 3.65. The highest BCUT2D eigenvalue weighted by Crippen LogP contribution is 2.41. The highest BCUT2D eigenvalue weighted by atomic mass is 35.5. The minimum atomic E-state index is 0.420. The zero-order valence-electron chi connectivity index (χ0n) is 13.3. The van der Waals surface area contributed by atoms with E-state index in [0.29, 0.717) is 5.92 Å². The molecule has 0 amide bonds. The lowest BCUT2D eigenvalue weighted by Gasteiger charge is -2.22.